The quantitative estimate of drug-likeness (QED) is 0.789. The van der Waals surface area contributed by atoms with Crippen molar-refractivity contribution in [3.8, 4) is 0 Å². The van der Waals surface area contributed by atoms with Crippen LogP contribution in [0.15, 0.2) is 12.1 Å². The van der Waals surface area contributed by atoms with E-state index in [2.05, 4.69) is 39.5 Å². The van der Waals surface area contributed by atoms with Gasteiger partial charge in [0.25, 0.3) is 5.91 Å². The van der Waals surface area contributed by atoms with E-state index >= 15 is 0 Å². The molecule has 156 valence electrons. The number of nitrogens with one attached hydrogen (secondary N) is 2. The third-order valence-corrected chi connectivity index (χ3v) is 8.14. The molecule has 0 atom stereocenters. The first-order valence-electron chi connectivity index (χ1n) is 10.8. The highest BCUT2D eigenvalue weighted by molar-refractivity contribution is 7.14. The van der Waals surface area contributed by atoms with Gasteiger partial charge in [0.05, 0.1) is 17.2 Å². The molecule has 0 unspecified atom stereocenters. The number of carbonyl (C=O) groups is 1. The molecule has 0 radical (unpaired) electrons. The summed E-state index contributed by atoms with van der Waals surface area (Å²) in [6.07, 6.45) is 5.20. The van der Waals surface area contributed by atoms with Gasteiger partial charge in [0.2, 0.25) is 0 Å². The molecule has 29 heavy (non-hydrogen) atoms. The number of aryl methyl sites for hydroxylation is 2. The monoisotopic (exact) mass is 414 g/mol. The van der Waals surface area contributed by atoms with Gasteiger partial charge in [-0.15, -0.1) is 11.3 Å². The molecule has 1 aliphatic carbocycles. The minimum absolute atomic E-state index is 0.0631. The maximum atomic E-state index is 13.0. The predicted octanol–water partition coefficient (Wildman–Crippen LogP) is 2.92. The Labute approximate surface area is 176 Å². The summed E-state index contributed by atoms with van der Waals surface area (Å²) >= 11 is 1.65. The average molecular weight is 415 g/mol. The Hall–Kier alpha value is -1.70. The Morgan fingerprint density at radius 1 is 1.28 bits per heavy atom. The maximum absolute atomic E-state index is 13.0. The van der Waals surface area contributed by atoms with Crippen molar-refractivity contribution in [3.05, 3.63) is 38.8 Å². The lowest BCUT2D eigenvalue weighted by atomic mass is 9.86. The van der Waals surface area contributed by atoms with Crippen molar-refractivity contribution in [3.63, 3.8) is 0 Å². The first-order chi connectivity index (χ1) is 14.0. The fourth-order valence-electron chi connectivity index (χ4n) is 4.81. The standard InChI is InChI=1S/C22H30N4O2S/c1-15-11-16(2)26(25-15)14-21(4-5-21)13-24-20(27)18-12-17-3-10-28-22(19(17)29-18)6-8-23-9-7-22/h11-12,23H,3-10,13-14H2,1-2H3,(H,24,27). The van der Waals surface area contributed by atoms with Crippen LogP contribution in [0.1, 0.15) is 57.2 Å². The summed E-state index contributed by atoms with van der Waals surface area (Å²) in [4.78, 5) is 15.1. The van der Waals surface area contributed by atoms with E-state index in [1.807, 2.05) is 6.92 Å². The van der Waals surface area contributed by atoms with Crippen LogP contribution in [0.25, 0.3) is 0 Å². The van der Waals surface area contributed by atoms with Crippen LogP contribution in [-0.2, 0) is 23.3 Å². The van der Waals surface area contributed by atoms with E-state index in [0.717, 1.165) is 75.5 Å². The van der Waals surface area contributed by atoms with Crippen molar-refractivity contribution < 1.29 is 9.53 Å². The molecular weight excluding hydrogens is 384 g/mol. The Morgan fingerprint density at radius 2 is 2.07 bits per heavy atom. The van der Waals surface area contributed by atoms with Crippen molar-refractivity contribution in [2.24, 2.45) is 5.41 Å². The van der Waals surface area contributed by atoms with Crippen molar-refractivity contribution >= 4 is 17.2 Å². The first kappa shape index (κ1) is 19.3. The zero-order valence-electron chi connectivity index (χ0n) is 17.3. The lowest BCUT2D eigenvalue weighted by Gasteiger charge is -2.40. The fraction of sp³-hybridized carbons (Fsp3) is 0.636. The fourth-order valence-corrected chi connectivity index (χ4v) is 6.14. The topological polar surface area (TPSA) is 68.2 Å². The lowest BCUT2D eigenvalue weighted by Crippen LogP contribution is -2.43. The van der Waals surface area contributed by atoms with E-state index in [4.69, 9.17) is 4.74 Å². The number of amides is 1. The zero-order valence-corrected chi connectivity index (χ0v) is 18.2. The smallest absolute Gasteiger partial charge is 0.261 e. The third kappa shape index (κ3) is 3.64. The maximum Gasteiger partial charge on any atom is 0.261 e. The van der Waals surface area contributed by atoms with Gasteiger partial charge in [-0.05, 0) is 76.7 Å². The summed E-state index contributed by atoms with van der Waals surface area (Å²) in [7, 11) is 0. The van der Waals surface area contributed by atoms with E-state index in [0.29, 0.717) is 0 Å². The van der Waals surface area contributed by atoms with Crippen LogP contribution in [0.2, 0.25) is 0 Å². The van der Waals surface area contributed by atoms with Crippen molar-refractivity contribution in [2.75, 3.05) is 26.2 Å². The molecule has 6 nitrogen and oxygen atoms in total. The first-order valence-corrected chi connectivity index (χ1v) is 11.6. The molecule has 1 spiro atoms. The number of aromatic nitrogens is 2. The SMILES string of the molecule is Cc1cc(C)n(CC2(CNC(=O)c3cc4c(s3)C3(CCNCC3)OCC4)CC2)n1. The molecule has 7 heteroatoms. The molecule has 2 aromatic rings. The number of rotatable bonds is 5. The van der Waals surface area contributed by atoms with Crippen LogP contribution < -0.4 is 10.6 Å². The van der Waals surface area contributed by atoms with Gasteiger partial charge in [0, 0.05) is 29.1 Å². The summed E-state index contributed by atoms with van der Waals surface area (Å²) in [5.74, 6) is 0.0631. The molecule has 0 aromatic carbocycles. The summed E-state index contributed by atoms with van der Waals surface area (Å²) in [5.41, 5.74) is 3.56. The van der Waals surface area contributed by atoms with E-state index in [1.54, 1.807) is 11.3 Å². The number of piperidine rings is 1. The van der Waals surface area contributed by atoms with Crippen LogP contribution in [-0.4, -0.2) is 41.9 Å². The Kier molecular flexibility index (Phi) is 4.80. The van der Waals surface area contributed by atoms with Gasteiger partial charge in [0.15, 0.2) is 0 Å². The Balaban J connectivity index is 1.27. The van der Waals surface area contributed by atoms with Gasteiger partial charge in [-0.1, -0.05) is 0 Å². The van der Waals surface area contributed by atoms with Crippen LogP contribution >= 0.6 is 11.3 Å². The molecule has 2 fully saturated rings. The highest BCUT2D eigenvalue weighted by Gasteiger charge is 2.44. The van der Waals surface area contributed by atoms with Crippen molar-refractivity contribution in [1.29, 1.82) is 0 Å². The zero-order chi connectivity index (χ0) is 20.1. The van der Waals surface area contributed by atoms with E-state index < -0.39 is 0 Å². The molecule has 1 saturated heterocycles. The number of hydrogen-bond acceptors (Lipinski definition) is 5. The number of thiophene rings is 1. The van der Waals surface area contributed by atoms with Gasteiger partial charge < -0.3 is 15.4 Å². The second-order valence-corrected chi connectivity index (χ2v) is 10.1. The van der Waals surface area contributed by atoms with E-state index in [9.17, 15) is 4.79 Å². The molecule has 2 N–H and O–H groups in total. The van der Waals surface area contributed by atoms with Crippen molar-refractivity contribution in [1.82, 2.24) is 20.4 Å². The molecule has 2 aliphatic heterocycles. The highest BCUT2D eigenvalue weighted by Crippen LogP contribution is 2.47. The predicted molar refractivity (Wildman–Crippen MR) is 113 cm³/mol. The molecule has 0 bridgehead atoms. The summed E-state index contributed by atoms with van der Waals surface area (Å²) in [6.45, 7) is 8.46. The highest BCUT2D eigenvalue weighted by atomic mass is 32.1. The van der Waals surface area contributed by atoms with Gasteiger partial charge in [-0.25, -0.2) is 0 Å². The van der Waals surface area contributed by atoms with Gasteiger partial charge in [0.1, 0.15) is 5.60 Å². The molecule has 1 amide bonds. The third-order valence-electron chi connectivity index (χ3n) is 6.78. The molecule has 4 heterocycles. The number of nitrogens with zero attached hydrogens (tertiary/aromatic N) is 2. The number of fused-ring (bicyclic) bond motifs is 2. The summed E-state index contributed by atoms with van der Waals surface area (Å²) in [6, 6.07) is 4.23. The van der Waals surface area contributed by atoms with Crippen LogP contribution in [0, 0.1) is 19.3 Å². The van der Waals surface area contributed by atoms with Crippen LogP contribution in [0.4, 0.5) is 0 Å². The molecule has 1 saturated carbocycles. The number of hydrogen-bond donors (Lipinski definition) is 2. The second kappa shape index (κ2) is 7.22. The summed E-state index contributed by atoms with van der Waals surface area (Å²) < 4.78 is 8.35. The van der Waals surface area contributed by atoms with E-state index in [-0.39, 0.29) is 16.9 Å². The van der Waals surface area contributed by atoms with Gasteiger partial charge in [-0.2, -0.15) is 5.10 Å². The normalized spacial score (nSPS) is 21.7. The van der Waals surface area contributed by atoms with Gasteiger partial charge in [-0.3, -0.25) is 9.48 Å². The van der Waals surface area contributed by atoms with Crippen LogP contribution in [0.3, 0.4) is 0 Å². The molecule has 5 rings (SSSR count). The van der Waals surface area contributed by atoms with Gasteiger partial charge >= 0.3 is 0 Å². The lowest BCUT2D eigenvalue weighted by molar-refractivity contribution is -0.0771. The van der Waals surface area contributed by atoms with Crippen LogP contribution in [0.5, 0.6) is 0 Å². The molecule has 2 aromatic heterocycles. The number of carbonyl (C=O) groups excluding carboxylic acids is 1. The number of ether oxygens (including phenoxy) is 1. The Morgan fingerprint density at radius 3 is 2.76 bits per heavy atom. The molecular formula is C22H30N4O2S. The minimum atomic E-state index is -0.171. The average Bonchev–Trinajstić information content (AvgIpc) is 3.19. The van der Waals surface area contributed by atoms with E-state index in [1.165, 1.54) is 16.1 Å². The minimum Gasteiger partial charge on any atom is -0.369 e. The molecule has 3 aliphatic rings. The summed E-state index contributed by atoms with van der Waals surface area (Å²) in [5, 5.41) is 11.3. The Bertz CT molecular complexity index is 921. The largest absolute Gasteiger partial charge is 0.369 e. The van der Waals surface area contributed by atoms with Crippen molar-refractivity contribution in [2.45, 2.75) is 58.1 Å². The second-order valence-electron chi connectivity index (χ2n) is 9.08.